The van der Waals surface area contributed by atoms with E-state index in [0.29, 0.717) is 18.4 Å². The summed E-state index contributed by atoms with van der Waals surface area (Å²) in [6.07, 6.45) is 4.92. The first kappa shape index (κ1) is 44.9. The second kappa shape index (κ2) is 21.6. The highest BCUT2D eigenvalue weighted by atomic mass is 32.2. The Morgan fingerprint density at radius 3 is 2.05 bits per heavy atom. The maximum Gasteiger partial charge on any atom is 0.426 e. The second-order valence-corrected chi connectivity index (χ2v) is 18.4. The lowest BCUT2D eigenvalue weighted by molar-refractivity contribution is -0.155. The quantitative estimate of drug-likeness (QED) is 0.129. The molecule has 3 rings (SSSR count). The highest BCUT2D eigenvalue weighted by molar-refractivity contribution is 7.92. The van der Waals surface area contributed by atoms with Gasteiger partial charge in [0.15, 0.2) is 15.9 Å². The number of aliphatic carboxylic acids is 1. The van der Waals surface area contributed by atoms with Crippen molar-refractivity contribution in [1.29, 1.82) is 0 Å². The van der Waals surface area contributed by atoms with Gasteiger partial charge in [0.05, 0.1) is 10.5 Å². The Bertz CT molecular complexity index is 1660. The number of carbonyl (C=O) groups is 5. The van der Waals surface area contributed by atoms with Crippen LogP contribution in [0.1, 0.15) is 110 Å². The van der Waals surface area contributed by atoms with Crippen LogP contribution in [0.25, 0.3) is 0 Å². The van der Waals surface area contributed by atoms with E-state index in [-0.39, 0.29) is 44.0 Å². The van der Waals surface area contributed by atoms with Crippen LogP contribution in [0.5, 0.6) is 0 Å². The number of carbonyl (C=O) groups excluding carboxylic acids is 4. The van der Waals surface area contributed by atoms with Gasteiger partial charge < -0.3 is 20.5 Å². The molecule has 13 nitrogen and oxygen atoms in total. The second-order valence-electron chi connectivity index (χ2n) is 15.6. The maximum absolute atomic E-state index is 14.0. The Morgan fingerprint density at radius 2 is 1.49 bits per heavy atom. The molecule has 1 aliphatic carbocycles. The zero-order chi connectivity index (χ0) is 40.6. The van der Waals surface area contributed by atoms with Crippen LogP contribution >= 0.6 is 0 Å². The van der Waals surface area contributed by atoms with Crippen LogP contribution < -0.4 is 16.1 Å². The fourth-order valence-corrected chi connectivity index (χ4v) is 7.69. The zero-order valence-electron chi connectivity index (χ0n) is 32.9. The van der Waals surface area contributed by atoms with Crippen LogP contribution in [-0.2, 0) is 46.8 Å². The van der Waals surface area contributed by atoms with Gasteiger partial charge >= 0.3 is 12.1 Å². The zero-order valence-corrected chi connectivity index (χ0v) is 33.7. The summed E-state index contributed by atoms with van der Waals surface area (Å²) in [6, 6.07) is 15.1. The molecule has 0 radical (unpaired) electrons. The van der Waals surface area contributed by atoms with Crippen LogP contribution in [0.3, 0.4) is 0 Å². The first-order chi connectivity index (χ1) is 26.0. The summed E-state index contributed by atoms with van der Waals surface area (Å²) in [7, 11) is -3.58. The number of ether oxygens (including phenoxy) is 1. The minimum atomic E-state index is -3.58. The average molecular weight is 785 g/mol. The Balaban J connectivity index is 1.81. The SMILES string of the molecule is CC[C@H](C)[C@@H](C(=O)O)N(NC(=O)OCc1ccccc1)C(=O)CCC(CC1CCCCC1)NC(=O)C(Cc1ccccc1)NC(=O)CCS(=O)(=O)C(C)(C)C. The molecule has 304 valence electrons. The number of rotatable bonds is 19. The first-order valence-electron chi connectivity index (χ1n) is 19.4. The molecular weight excluding hydrogens is 725 g/mol. The van der Waals surface area contributed by atoms with Gasteiger partial charge in [-0.1, -0.05) is 113 Å². The van der Waals surface area contributed by atoms with E-state index in [4.69, 9.17) is 4.74 Å². The molecule has 0 aromatic heterocycles. The number of hydrazine groups is 1. The number of carboxylic acids is 1. The van der Waals surface area contributed by atoms with Crippen molar-refractivity contribution in [3.63, 3.8) is 0 Å². The summed E-state index contributed by atoms with van der Waals surface area (Å²) in [5, 5.41) is 16.9. The van der Waals surface area contributed by atoms with Gasteiger partial charge in [-0.05, 0) is 56.6 Å². The number of nitrogens with zero attached hydrogens (tertiary/aromatic N) is 1. The molecule has 4 amide bonds. The van der Waals surface area contributed by atoms with E-state index in [9.17, 15) is 37.5 Å². The van der Waals surface area contributed by atoms with Crippen molar-refractivity contribution in [2.24, 2.45) is 11.8 Å². The van der Waals surface area contributed by atoms with E-state index >= 15 is 0 Å². The summed E-state index contributed by atoms with van der Waals surface area (Å²) in [5.41, 5.74) is 3.89. The van der Waals surface area contributed by atoms with Crippen molar-refractivity contribution >= 4 is 39.6 Å². The molecule has 0 spiro atoms. The van der Waals surface area contributed by atoms with Crippen molar-refractivity contribution < 1.29 is 42.2 Å². The Kier molecular flexibility index (Phi) is 17.6. The smallest absolute Gasteiger partial charge is 0.426 e. The first-order valence-corrected chi connectivity index (χ1v) is 21.0. The highest BCUT2D eigenvalue weighted by Crippen LogP contribution is 2.29. The lowest BCUT2D eigenvalue weighted by Crippen LogP contribution is -2.57. The molecule has 0 saturated heterocycles. The lowest BCUT2D eigenvalue weighted by atomic mass is 9.84. The Hall–Kier alpha value is -4.46. The molecule has 2 unspecified atom stereocenters. The number of hydrogen-bond acceptors (Lipinski definition) is 8. The number of nitrogens with one attached hydrogen (secondary N) is 3. The minimum absolute atomic E-state index is 0.0850. The third-order valence-corrected chi connectivity index (χ3v) is 12.9. The van der Waals surface area contributed by atoms with E-state index in [1.165, 1.54) is 0 Å². The molecule has 0 heterocycles. The maximum atomic E-state index is 14.0. The average Bonchev–Trinajstić information content (AvgIpc) is 3.15. The van der Waals surface area contributed by atoms with Gasteiger partial charge in [-0.25, -0.2) is 28.4 Å². The van der Waals surface area contributed by atoms with Crippen molar-refractivity contribution in [3.8, 4) is 0 Å². The lowest BCUT2D eigenvalue weighted by Gasteiger charge is -2.33. The van der Waals surface area contributed by atoms with E-state index in [1.807, 2.05) is 36.4 Å². The van der Waals surface area contributed by atoms with Crippen LogP contribution in [0.2, 0.25) is 0 Å². The highest BCUT2D eigenvalue weighted by Gasteiger charge is 2.36. The third kappa shape index (κ3) is 14.9. The molecule has 4 N–H and O–H groups in total. The molecule has 1 saturated carbocycles. The largest absolute Gasteiger partial charge is 0.480 e. The minimum Gasteiger partial charge on any atom is -0.480 e. The van der Waals surface area contributed by atoms with Crippen molar-refractivity contribution in [2.75, 3.05) is 5.75 Å². The summed E-state index contributed by atoms with van der Waals surface area (Å²) in [5.74, 6) is -3.59. The molecule has 2 aromatic rings. The fraction of sp³-hybridized carbons (Fsp3) is 0.585. The monoisotopic (exact) mass is 784 g/mol. The Labute approximate surface area is 326 Å². The van der Waals surface area contributed by atoms with Crippen LogP contribution in [0, 0.1) is 11.8 Å². The number of hydrogen-bond donors (Lipinski definition) is 4. The molecule has 14 heteroatoms. The summed E-state index contributed by atoms with van der Waals surface area (Å²) < 4.78 is 29.7. The van der Waals surface area contributed by atoms with Gasteiger partial charge in [0, 0.05) is 25.3 Å². The molecule has 4 atom stereocenters. The number of carboxylic acid groups (broad SMARTS) is 1. The van der Waals surface area contributed by atoms with Gasteiger partial charge in [-0.3, -0.25) is 14.4 Å². The van der Waals surface area contributed by atoms with Gasteiger partial charge in [0.25, 0.3) is 0 Å². The summed E-state index contributed by atoms with van der Waals surface area (Å²) in [6.45, 7) is 8.11. The predicted octanol–water partition coefficient (Wildman–Crippen LogP) is 5.72. The van der Waals surface area contributed by atoms with Gasteiger partial charge in [-0.2, -0.15) is 0 Å². The number of amides is 4. The van der Waals surface area contributed by atoms with Crippen molar-refractivity contribution in [3.05, 3.63) is 71.8 Å². The van der Waals surface area contributed by atoms with Crippen molar-refractivity contribution in [1.82, 2.24) is 21.1 Å². The topological polar surface area (TPSA) is 188 Å². The molecule has 1 fully saturated rings. The van der Waals surface area contributed by atoms with Crippen molar-refractivity contribution in [2.45, 2.75) is 135 Å². The van der Waals surface area contributed by atoms with Gasteiger partial charge in [0.2, 0.25) is 17.7 Å². The predicted molar refractivity (Wildman–Crippen MR) is 210 cm³/mol. The van der Waals surface area contributed by atoms with E-state index in [0.717, 1.165) is 42.7 Å². The van der Waals surface area contributed by atoms with E-state index in [1.54, 1.807) is 58.9 Å². The standard InChI is InChI=1S/C41H60N4O9S/c1-6-29(2)37(39(49)50)45(44-40(51)54-28-32-20-14-9-15-21-32)36(47)23-22-33(26-30-16-10-7-11-17-30)42-38(48)34(27-31-18-12-8-13-19-31)43-35(46)24-25-55(52,53)41(3,4)5/h8-9,12-15,18-21,29-30,33-34,37H,6-7,10-11,16-17,22-28H2,1-5H3,(H,42,48)(H,43,46)(H,44,51)(H,49,50)/t29-,33?,34?,37-/m0/s1. The molecule has 1 aliphatic rings. The van der Waals surface area contributed by atoms with E-state index in [2.05, 4.69) is 16.1 Å². The number of sulfone groups is 1. The fourth-order valence-electron chi connectivity index (χ4n) is 6.63. The molecule has 55 heavy (non-hydrogen) atoms. The Morgan fingerprint density at radius 1 is 0.891 bits per heavy atom. The molecule has 0 aliphatic heterocycles. The summed E-state index contributed by atoms with van der Waals surface area (Å²) >= 11 is 0. The van der Waals surface area contributed by atoms with Crippen LogP contribution in [0.15, 0.2) is 60.7 Å². The molecule has 0 bridgehead atoms. The van der Waals surface area contributed by atoms with Crippen LogP contribution in [0.4, 0.5) is 4.79 Å². The van der Waals surface area contributed by atoms with E-state index < -0.39 is 68.4 Å². The van der Waals surface area contributed by atoms with Gasteiger partial charge in [-0.15, -0.1) is 0 Å². The summed E-state index contributed by atoms with van der Waals surface area (Å²) in [4.78, 5) is 66.5. The molecular formula is C41H60N4O9S. The van der Waals surface area contributed by atoms with Crippen LogP contribution in [-0.4, -0.2) is 76.9 Å². The normalized spacial score (nSPS) is 15.8. The number of benzene rings is 2. The third-order valence-electron chi connectivity index (χ3n) is 10.3. The molecule has 2 aromatic carbocycles. The van der Waals surface area contributed by atoms with Gasteiger partial charge in [0.1, 0.15) is 12.6 Å².